The van der Waals surface area contributed by atoms with Crippen molar-refractivity contribution < 1.29 is 19.4 Å². The second-order valence-corrected chi connectivity index (χ2v) is 4.83. The molecule has 110 valence electrons. The Hall–Kier alpha value is -2.24. The highest BCUT2D eigenvalue weighted by Gasteiger charge is 2.17. The van der Waals surface area contributed by atoms with Gasteiger partial charge in [0, 0.05) is 12.2 Å². The second-order valence-electron chi connectivity index (χ2n) is 4.83. The van der Waals surface area contributed by atoms with Gasteiger partial charge in [0.25, 0.3) is 0 Å². The van der Waals surface area contributed by atoms with Crippen molar-refractivity contribution in [2.24, 2.45) is 5.92 Å². The number of carboxylic acids is 1. The molecule has 0 spiro atoms. The third kappa shape index (κ3) is 5.17. The largest absolute Gasteiger partial charge is 0.497 e. The molecule has 0 bridgehead atoms. The minimum atomic E-state index is -1.03. The first-order valence-corrected chi connectivity index (χ1v) is 6.34. The van der Waals surface area contributed by atoms with Crippen LogP contribution >= 0.6 is 0 Å². The third-order valence-electron chi connectivity index (χ3n) is 2.54. The zero-order valence-corrected chi connectivity index (χ0v) is 11.9. The number of nitrogens with zero attached hydrogens (tertiary/aromatic N) is 1. The first-order valence-electron chi connectivity index (χ1n) is 6.34. The lowest BCUT2D eigenvalue weighted by Crippen LogP contribution is -2.40. The molecular formula is C14H20N2O4. The van der Waals surface area contributed by atoms with Crippen molar-refractivity contribution in [2.75, 3.05) is 25.5 Å². The summed E-state index contributed by atoms with van der Waals surface area (Å²) in [6, 6.07) is 6.42. The minimum absolute atomic E-state index is 0.191. The van der Waals surface area contributed by atoms with Gasteiger partial charge in [-0.05, 0) is 30.2 Å². The number of hydrogen-bond donors (Lipinski definition) is 2. The Balaban J connectivity index is 2.70. The first-order chi connectivity index (χ1) is 9.42. The molecule has 0 saturated carbocycles. The van der Waals surface area contributed by atoms with Crippen LogP contribution in [0.4, 0.5) is 10.5 Å². The van der Waals surface area contributed by atoms with Crippen LogP contribution in [-0.2, 0) is 4.79 Å². The summed E-state index contributed by atoms with van der Waals surface area (Å²) in [5.74, 6) is -0.154. The number of nitrogens with one attached hydrogen (secondary N) is 1. The van der Waals surface area contributed by atoms with Gasteiger partial charge in [-0.15, -0.1) is 0 Å². The summed E-state index contributed by atoms with van der Waals surface area (Å²) in [5, 5.41) is 11.5. The van der Waals surface area contributed by atoms with Gasteiger partial charge in [0.2, 0.25) is 0 Å². The van der Waals surface area contributed by atoms with Gasteiger partial charge in [0.05, 0.1) is 7.11 Å². The van der Waals surface area contributed by atoms with Crippen LogP contribution in [0.1, 0.15) is 13.8 Å². The summed E-state index contributed by atoms with van der Waals surface area (Å²) in [5.41, 5.74) is 0.593. The Morgan fingerprint density at radius 1 is 1.30 bits per heavy atom. The summed E-state index contributed by atoms with van der Waals surface area (Å²) < 4.78 is 5.03. The highest BCUT2D eigenvalue weighted by Crippen LogP contribution is 2.15. The molecule has 2 N–H and O–H groups in total. The molecule has 1 aromatic carbocycles. The summed E-state index contributed by atoms with van der Waals surface area (Å²) in [4.78, 5) is 24.1. The summed E-state index contributed by atoms with van der Waals surface area (Å²) >= 11 is 0. The lowest BCUT2D eigenvalue weighted by atomic mass is 10.2. The third-order valence-corrected chi connectivity index (χ3v) is 2.54. The molecule has 0 aliphatic heterocycles. The van der Waals surface area contributed by atoms with E-state index in [1.54, 1.807) is 31.4 Å². The fourth-order valence-electron chi connectivity index (χ4n) is 1.70. The van der Waals surface area contributed by atoms with Crippen molar-refractivity contribution in [3.05, 3.63) is 24.3 Å². The molecule has 0 atom stereocenters. The predicted molar refractivity (Wildman–Crippen MR) is 76.1 cm³/mol. The van der Waals surface area contributed by atoms with Crippen molar-refractivity contribution in [3.8, 4) is 5.75 Å². The zero-order valence-electron chi connectivity index (χ0n) is 11.9. The number of benzene rings is 1. The first kappa shape index (κ1) is 15.8. The van der Waals surface area contributed by atoms with Crippen LogP contribution in [-0.4, -0.2) is 42.2 Å². The smallest absolute Gasteiger partial charge is 0.323 e. The van der Waals surface area contributed by atoms with Gasteiger partial charge in [-0.2, -0.15) is 0 Å². The van der Waals surface area contributed by atoms with E-state index in [9.17, 15) is 9.59 Å². The Labute approximate surface area is 118 Å². The average Bonchev–Trinajstić information content (AvgIpc) is 2.37. The van der Waals surface area contributed by atoms with Crippen molar-refractivity contribution in [1.82, 2.24) is 4.90 Å². The van der Waals surface area contributed by atoms with Crippen LogP contribution < -0.4 is 10.1 Å². The lowest BCUT2D eigenvalue weighted by molar-refractivity contribution is -0.137. The maximum atomic E-state index is 12.1. The number of carboxylic acid groups (broad SMARTS) is 1. The number of methoxy groups -OCH3 is 1. The number of rotatable bonds is 6. The number of carbonyl (C=O) groups is 2. The minimum Gasteiger partial charge on any atom is -0.497 e. The Morgan fingerprint density at radius 2 is 1.90 bits per heavy atom. The van der Waals surface area contributed by atoms with Crippen molar-refractivity contribution in [1.29, 1.82) is 0 Å². The lowest BCUT2D eigenvalue weighted by Gasteiger charge is -2.23. The van der Waals surface area contributed by atoms with Gasteiger partial charge >= 0.3 is 12.0 Å². The number of anilines is 1. The van der Waals surface area contributed by atoms with Crippen LogP contribution in [0.2, 0.25) is 0 Å². The zero-order chi connectivity index (χ0) is 15.1. The van der Waals surface area contributed by atoms with Gasteiger partial charge in [0.1, 0.15) is 12.3 Å². The van der Waals surface area contributed by atoms with Crippen LogP contribution in [0.25, 0.3) is 0 Å². The quantitative estimate of drug-likeness (QED) is 0.837. The normalized spacial score (nSPS) is 10.2. The molecule has 0 unspecified atom stereocenters. The van der Waals surface area contributed by atoms with E-state index in [-0.39, 0.29) is 12.5 Å². The van der Waals surface area contributed by atoms with Crippen LogP contribution in [0.5, 0.6) is 5.75 Å². The molecule has 0 fully saturated rings. The predicted octanol–water partition coefficient (Wildman–Crippen LogP) is 2.27. The van der Waals surface area contributed by atoms with Crippen LogP contribution in [0, 0.1) is 5.92 Å². The Morgan fingerprint density at radius 3 is 2.35 bits per heavy atom. The van der Waals surface area contributed by atoms with E-state index in [2.05, 4.69) is 5.32 Å². The fourth-order valence-corrected chi connectivity index (χ4v) is 1.70. The molecule has 0 aromatic heterocycles. The molecule has 20 heavy (non-hydrogen) atoms. The molecule has 6 heteroatoms. The molecule has 2 amide bonds. The average molecular weight is 280 g/mol. The van der Waals surface area contributed by atoms with Crippen molar-refractivity contribution in [2.45, 2.75) is 13.8 Å². The molecule has 0 saturated heterocycles. The number of ether oxygens (including phenoxy) is 1. The Kier molecular flexibility index (Phi) is 5.83. The van der Waals surface area contributed by atoms with E-state index < -0.39 is 12.0 Å². The molecule has 1 aromatic rings. The van der Waals surface area contributed by atoms with Gasteiger partial charge in [-0.3, -0.25) is 4.79 Å². The van der Waals surface area contributed by atoms with Gasteiger partial charge in [-0.25, -0.2) is 4.79 Å². The fraction of sp³-hybridized carbons (Fsp3) is 0.429. The number of amides is 2. The van der Waals surface area contributed by atoms with E-state index in [0.717, 1.165) is 0 Å². The maximum absolute atomic E-state index is 12.1. The van der Waals surface area contributed by atoms with Gasteiger partial charge < -0.3 is 20.1 Å². The molecule has 6 nitrogen and oxygen atoms in total. The second kappa shape index (κ2) is 7.37. The number of hydrogen-bond acceptors (Lipinski definition) is 3. The number of carbonyl (C=O) groups excluding carboxylic acids is 1. The van der Waals surface area contributed by atoms with Crippen molar-refractivity contribution in [3.63, 3.8) is 0 Å². The summed E-state index contributed by atoms with van der Waals surface area (Å²) in [7, 11) is 1.56. The molecule has 0 radical (unpaired) electrons. The highest BCUT2D eigenvalue weighted by molar-refractivity contribution is 5.91. The molecule has 1 rings (SSSR count). The molecule has 0 heterocycles. The SMILES string of the molecule is COc1ccc(NC(=O)N(CC(=O)O)CC(C)C)cc1. The number of aliphatic carboxylic acids is 1. The molecular weight excluding hydrogens is 260 g/mol. The van der Waals surface area contributed by atoms with E-state index in [1.165, 1.54) is 4.90 Å². The van der Waals surface area contributed by atoms with Crippen LogP contribution in [0.15, 0.2) is 24.3 Å². The van der Waals surface area contributed by atoms with Crippen molar-refractivity contribution >= 4 is 17.7 Å². The highest BCUT2D eigenvalue weighted by atomic mass is 16.5. The van der Waals surface area contributed by atoms with Gasteiger partial charge in [0.15, 0.2) is 0 Å². The van der Waals surface area contributed by atoms with E-state index in [4.69, 9.17) is 9.84 Å². The standard InChI is InChI=1S/C14H20N2O4/c1-10(2)8-16(9-13(17)18)14(19)15-11-4-6-12(20-3)7-5-11/h4-7,10H,8-9H2,1-3H3,(H,15,19)(H,17,18). The Bertz CT molecular complexity index is 457. The molecule has 0 aliphatic carbocycles. The topological polar surface area (TPSA) is 78.9 Å². The summed E-state index contributed by atoms with van der Waals surface area (Å²) in [6.07, 6.45) is 0. The van der Waals surface area contributed by atoms with Crippen LogP contribution in [0.3, 0.4) is 0 Å². The van der Waals surface area contributed by atoms with E-state index >= 15 is 0 Å². The van der Waals surface area contributed by atoms with Gasteiger partial charge in [-0.1, -0.05) is 13.8 Å². The van der Waals surface area contributed by atoms with E-state index in [1.807, 2.05) is 13.8 Å². The van der Waals surface area contributed by atoms with E-state index in [0.29, 0.717) is 18.0 Å². The monoisotopic (exact) mass is 280 g/mol. The molecule has 0 aliphatic rings. The summed E-state index contributed by atoms with van der Waals surface area (Å²) in [6.45, 7) is 3.92. The maximum Gasteiger partial charge on any atom is 0.323 e. The number of urea groups is 1.